The maximum atomic E-state index is 15.4. The molecule has 0 spiro atoms. The summed E-state index contributed by atoms with van der Waals surface area (Å²) in [5, 5.41) is 13.8. The molecule has 3 aliphatic rings. The smallest absolute Gasteiger partial charge is 0.0244 e. The van der Waals surface area contributed by atoms with Gasteiger partial charge in [-0.2, -0.15) is 0 Å². The molecule has 3 aromatic rings. The van der Waals surface area contributed by atoms with E-state index in [4.69, 9.17) is 14.5 Å². The van der Waals surface area contributed by atoms with Crippen molar-refractivity contribution in [1.29, 1.82) is 0 Å². The van der Waals surface area contributed by atoms with Gasteiger partial charge in [0.1, 0.15) is 12.1 Å². The van der Waals surface area contributed by atoms with Gasteiger partial charge in [0, 0.05) is 35.6 Å². The molecule has 1 fully saturated rings. The van der Waals surface area contributed by atoms with Crippen molar-refractivity contribution >= 4 is 73.0 Å². The van der Waals surface area contributed by atoms with Crippen LogP contribution in [-0.4, -0.2) is 110 Å². The zero-order valence-corrected chi connectivity index (χ0v) is 35.9. The summed E-state index contributed by atoms with van der Waals surface area (Å²) in [4.78, 5) is 92.8. The number of benzene rings is 1. The second-order valence-electron chi connectivity index (χ2n) is 14.5. The number of rotatable bonds is 18. The van der Waals surface area contributed by atoms with E-state index in [0.717, 1.165) is 34.8 Å². The zero-order valence-electron chi connectivity index (χ0n) is 32.0. The molecule has 57 heavy (non-hydrogen) atoms. The number of carbonyl (C=O) groups excluding carboxylic acids is 6. The molecule has 0 saturated heterocycles. The van der Waals surface area contributed by atoms with Gasteiger partial charge in [0.15, 0.2) is 0 Å². The molecule has 301 valence electrons. The van der Waals surface area contributed by atoms with E-state index in [0.29, 0.717) is 102 Å². The Bertz CT molecular complexity index is 2190. The third-order valence-corrected chi connectivity index (χ3v) is 12.8. The number of nitrogens with zero attached hydrogens (tertiary/aromatic N) is 2. The Labute approximate surface area is 343 Å². The molecular weight excluding hydrogens is 937 g/mol. The largest absolute Gasteiger partial charge is 0.0245 e. The van der Waals surface area contributed by atoms with Crippen molar-refractivity contribution in [3.8, 4) is 11.4 Å². The SMILES string of the molecule is CCC(C=O)c1cc2n(c(=O)c1COC)Cc1c-2nc2cc(F)c(C)c3c2c1C(NC(=O)C1(OCNC(=O)CNC(=O)C([CH2][Pb])NC(=O)CNC=O)CCC1)CC3. The number of methoxy groups -OCH3 is 1. The van der Waals surface area contributed by atoms with E-state index >= 15 is 4.39 Å². The molecule has 6 rings (SSSR count). The van der Waals surface area contributed by atoms with Crippen LogP contribution < -0.4 is 32.1 Å². The van der Waals surface area contributed by atoms with Gasteiger partial charge >= 0.3 is 166 Å². The monoisotopic (exact) mass is 982 g/mol. The van der Waals surface area contributed by atoms with Gasteiger partial charge in [-0.1, -0.05) is 6.92 Å². The number of aromatic nitrogens is 2. The molecule has 1 saturated carbocycles. The van der Waals surface area contributed by atoms with E-state index in [1.54, 1.807) is 11.5 Å². The summed E-state index contributed by atoms with van der Waals surface area (Å²) in [5.74, 6) is -2.95. The van der Waals surface area contributed by atoms with Crippen LogP contribution in [0.4, 0.5) is 4.39 Å². The first-order valence-corrected chi connectivity index (χ1v) is 21.6. The summed E-state index contributed by atoms with van der Waals surface area (Å²) in [6.45, 7) is 2.80. The first-order chi connectivity index (χ1) is 27.4. The van der Waals surface area contributed by atoms with E-state index < -0.39 is 47.1 Å². The topological polar surface area (TPSA) is 216 Å². The summed E-state index contributed by atoms with van der Waals surface area (Å²) in [7, 11) is 1.49. The van der Waals surface area contributed by atoms with Crippen LogP contribution in [0.3, 0.4) is 0 Å². The molecule has 2 aromatic heterocycles. The van der Waals surface area contributed by atoms with Gasteiger partial charge < -0.3 is 14.1 Å². The molecule has 3 heterocycles. The fourth-order valence-corrected chi connectivity index (χ4v) is 9.06. The van der Waals surface area contributed by atoms with Gasteiger partial charge in [-0.3, -0.25) is 4.79 Å². The fourth-order valence-electron chi connectivity index (χ4n) is 7.94. The molecule has 1 aliphatic heterocycles. The van der Waals surface area contributed by atoms with Gasteiger partial charge in [0.25, 0.3) is 5.56 Å². The molecular formula is C39H45FN7O9Pb. The summed E-state index contributed by atoms with van der Waals surface area (Å²) >= 11 is 0.596. The molecule has 2 aliphatic carbocycles. The number of ether oxygens (including phenoxy) is 2. The fraction of sp³-hybridized carbons (Fsp3) is 0.487. The van der Waals surface area contributed by atoms with Crippen molar-refractivity contribution in [3.63, 3.8) is 0 Å². The van der Waals surface area contributed by atoms with Gasteiger partial charge in [-0.05, 0) is 54.5 Å². The van der Waals surface area contributed by atoms with Crippen molar-refractivity contribution in [3.05, 3.63) is 61.7 Å². The van der Waals surface area contributed by atoms with Gasteiger partial charge in [-0.25, -0.2) is 9.37 Å². The molecule has 18 heteroatoms. The van der Waals surface area contributed by atoms with Gasteiger partial charge in [0.2, 0.25) is 0 Å². The van der Waals surface area contributed by atoms with Crippen molar-refractivity contribution in [2.24, 2.45) is 0 Å². The number of hydrogen-bond donors (Lipinski definition) is 5. The number of nitrogens with one attached hydrogen (secondary N) is 5. The number of pyridine rings is 2. The second-order valence-corrected chi connectivity index (χ2v) is 16.1. The molecule has 3 unspecified atom stereocenters. The number of halogens is 1. The van der Waals surface area contributed by atoms with E-state index in [2.05, 4.69) is 26.6 Å². The minimum absolute atomic E-state index is 0.0182. The number of aryl methyl sites for hydroxylation is 1. The maximum absolute atomic E-state index is 15.4. The maximum Gasteiger partial charge on any atom is -0.0244 e. The summed E-state index contributed by atoms with van der Waals surface area (Å²) in [5.41, 5.74) is 3.62. The third-order valence-electron chi connectivity index (χ3n) is 11.2. The van der Waals surface area contributed by atoms with E-state index in [1.165, 1.54) is 13.2 Å². The Kier molecular flexibility index (Phi) is 13.2. The minimum atomic E-state index is -1.23. The molecule has 5 N–H and O–H groups in total. The average Bonchev–Trinajstić information content (AvgIpc) is 3.55. The van der Waals surface area contributed by atoms with Crippen LogP contribution in [0.2, 0.25) is 3.98 Å². The number of amides is 5. The van der Waals surface area contributed by atoms with Crippen LogP contribution in [0, 0.1) is 12.7 Å². The minimum Gasteiger partial charge on any atom is -0.0245 e. The number of aldehydes is 1. The quantitative estimate of drug-likeness (QED) is 0.0537. The van der Waals surface area contributed by atoms with Crippen LogP contribution in [-0.2, 0) is 57.8 Å². The van der Waals surface area contributed by atoms with Crippen LogP contribution in [0.25, 0.3) is 22.3 Å². The van der Waals surface area contributed by atoms with Crippen LogP contribution >= 0.6 is 0 Å². The standard InChI is InChI=1S/C39H45FN7O9.Pb/c1-5-22(16-48)24-11-30-35-25(15-47(30)37(53)26(24)17-55-4)34-28(8-7-23-20(2)27(40)12-29(45-35)33(23)34)46-38(54)39(9-6-10-39)56-19-43-31(50)14-42-36(52)21(3)44-32(51)13-41-18-49;/h11-12,16,18,21-22,28H,3,5-10,13-15,17,19H2,1-2,4H3,(H,41,49)(H,42,52)(H,43,50)(H,44,51)(H,46,54);. The summed E-state index contributed by atoms with van der Waals surface area (Å²) in [6.07, 6.45) is 4.13. The molecule has 1 aromatic carbocycles. The molecule has 5 amide bonds. The molecule has 3 atom stereocenters. The Balaban J connectivity index is 1.21. The molecule has 0 bridgehead atoms. The third kappa shape index (κ3) is 8.23. The Morgan fingerprint density at radius 3 is 2.54 bits per heavy atom. The molecule has 3 radical (unpaired) electrons. The molecule has 16 nitrogen and oxygen atoms in total. The second kappa shape index (κ2) is 17.9. The van der Waals surface area contributed by atoms with Gasteiger partial charge in [0.05, 0.1) is 36.1 Å². The average molecular weight is 982 g/mol. The summed E-state index contributed by atoms with van der Waals surface area (Å²) in [6, 6.07) is 1.81. The Morgan fingerprint density at radius 2 is 1.89 bits per heavy atom. The Morgan fingerprint density at radius 1 is 1.12 bits per heavy atom. The summed E-state index contributed by atoms with van der Waals surface area (Å²) < 4.78 is 28.8. The predicted octanol–water partition coefficient (Wildman–Crippen LogP) is 0.762. The van der Waals surface area contributed by atoms with E-state index in [-0.39, 0.29) is 44.4 Å². The number of hydrogen-bond acceptors (Lipinski definition) is 10. The Hall–Kier alpha value is -4.63. The predicted molar refractivity (Wildman–Crippen MR) is 204 cm³/mol. The zero-order chi connectivity index (χ0) is 41.0. The van der Waals surface area contributed by atoms with Crippen LogP contribution in [0.15, 0.2) is 16.9 Å². The van der Waals surface area contributed by atoms with Crippen LogP contribution in [0.5, 0.6) is 0 Å². The first kappa shape index (κ1) is 42.0. The van der Waals surface area contributed by atoms with Crippen molar-refractivity contribution in [2.45, 2.75) is 93.1 Å². The van der Waals surface area contributed by atoms with Crippen molar-refractivity contribution in [2.75, 3.05) is 26.9 Å². The number of carbonyl (C=O) groups is 6. The van der Waals surface area contributed by atoms with E-state index in [1.807, 2.05) is 13.0 Å². The van der Waals surface area contributed by atoms with Crippen molar-refractivity contribution in [1.82, 2.24) is 36.1 Å². The first-order valence-electron chi connectivity index (χ1n) is 18.9. The normalized spacial score (nSPS) is 17.0. The van der Waals surface area contributed by atoms with E-state index in [9.17, 15) is 33.6 Å². The van der Waals surface area contributed by atoms with Crippen LogP contribution in [0.1, 0.15) is 84.4 Å². The van der Waals surface area contributed by atoms with Gasteiger partial charge in [-0.15, -0.1) is 0 Å². The number of fused-ring (bicyclic) bond motifs is 4. The van der Waals surface area contributed by atoms with Crippen molar-refractivity contribution < 1.29 is 42.6 Å².